The molecule has 0 saturated heterocycles. The van der Waals surface area contributed by atoms with E-state index in [1.807, 2.05) is 56.3 Å². The van der Waals surface area contributed by atoms with Crippen LogP contribution in [0.5, 0.6) is 0 Å². The Hall–Kier alpha value is -4.73. The number of para-hydroxylation sites is 1. The molecule has 4 heterocycles. The molecule has 0 aliphatic rings. The molecule has 168 valence electrons. The number of pyridine rings is 2. The Bertz CT molecular complexity index is 1550. The summed E-state index contributed by atoms with van der Waals surface area (Å²) in [7, 11) is 0. The number of nitrogens with one attached hydrogen (secondary N) is 2. The van der Waals surface area contributed by atoms with Crippen LogP contribution in [-0.4, -0.2) is 41.4 Å². The molecule has 0 unspecified atom stereocenters. The number of fused-ring (bicyclic) bond motifs is 2. The predicted octanol–water partition coefficient (Wildman–Crippen LogP) is 2.36. The fourth-order valence-electron chi connectivity index (χ4n) is 3.67. The van der Waals surface area contributed by atoms with Gasteiger partial charge in [-0.2, -0.15) is 4.98 Å². The molecule has 2 N–H and O–H groups in total. The summed E-state index contributed by atoms with van der Waals surface area (Å²) in [4.78, 5) is 43.0. The molecule has 0 fully saturated rings. The summed E-state index contributed by atoms with van der Waals surface area (Å²) in [6.07, 6.45) is 1.55. The maximum absolute atomic E-state index is 13.0. The van der Waals surface area contributed by atoms with E-state index in [1.165, 1.54) is 0 Å². The van der Waals surface area contributed by atoms with Crippen LogP contribution in [0.15, 0.2) is 60.8 Å². The van der Waals surface area contributed by atoms with Crippen LogP contribution in [0.3, 0.4) is 0 Å². The summed E-state index contributed by atoms with van der Waals surface area (Å²) in [6.45, 7) is 3.75. The highest BCUT2D eigenvalue weighted by molar-refractivity contribution is 6.07. The minimum absolute atomic E-state index is 0.113. The molecule has 1 aromatic carbocycles. The third-order valence-electron chi connectivity index (χ3n) is 5.18. The fourth-order valence-corrected chi connectivity index (χ4v) is 3.67. The average molecular weight is 452 g/mol. The Morgan fingerprint density at radius 2 is 1.74 bits per heavy atom. The van der Waals surface area contributed by atoms with Crippen molar-refractivity contribution in [3.8, 4) is 11.4 Å². The van der Waals surface area contributed by atoms with E-state index < -0.39 is 11.8 Å². The summed E-state index contributed by atoms with van der Waals surface area (Å²) in [6, 6.07) is 16.3. The lowest BCUT2D eigenvalue weighted by Crippen LogP contribution is -2.42. The molecule has 4 aromatic heterocycles. The number of benzene rings is 1. The van der Waals surface area contributed by atoms with Crippen LogP contribution in [0.25, 0.3) is 28.1 Å². The summed E-state index contributed by atoms with van der Waals surface area (Å²) in [5.74, 6) is -0.198. The van der Waals surface area contributed by atoms with Gasteiger partial charge in [0.15, 0.2) is 5.82 Å². The van der Waals surface area contributed by atoms with Crippen molar-refractivity contribution < 1.29 is 9.59 Å². The van der Waals surface area contributed by atoms with Crippen molar-refractivity contribution in [2.24, 2.45) is 0 Å². The SMILES string of the molecule is Cc1cc(C)n2nc(CC(=O)NNC(=O)c3cc(-c4ccccn4)nc4ccccc34)nc2n1. The van der Waals surface area contributed by atoms with Crippen molar-refractivity contribution >= 4 is 28.5 Å². The van der Waals surface area contributed by atoms with E-state index >= 15 is 0 Å². The van der Waals surface area contributed by atoms with E-state index in [4.69, 9.17) is 0 Å². The Labute approximate surface area is 194 Å². The molecule has 10 heteroatoms. The van der Waals surface area contributed by atoms with Gasteiger partial charge in [-0.25, -0.2) is 14.5 Å². The van der Waals surface area contributed by atoms with Crippen LogP contribution >= 0.6 is 0 Å². The second kappa shape index (κ2) is 8.66. The topological polar surface area (TPSA) is 127 Å². The summed E-state index contributed by atoms with van der Waals surface area (Å²) < 4.78 is 1.58. The number of nitrogens with zero attached hydrogens (tertiary/aromatic N) is 6. The van der Waals surface area contributed by atoms with Gasteiger partial charge >= 0.3 is 0 Å². The molecule has 10 nitrogen and oxygen atoms in total. The molecule has 0 atom stereocenters. The van der Waals surface area contributed by atoms with Gasteiger partial charge in [-0.3, -0.25) is 25.4 Å². The maximum Gasteiger partial charge on any atom is 0.270 e. The second-order valence-electron chi connectivity index (χ2n) is 7.74. The van der Waals surface area contributed by atoms with Gasteiger partial charge in [0.25, 0.3) is 11.7 Å². The first kappa shape index (κ1) is 21.1. The van der Waals surface area contributed by atoms with Crippen LogP contribution in [0, 0.1) is 13.8 Å². The number of hydrogen-bond donors (Lipinski definition) is 2. The first-order chi connectivity index (χ1) is 16.5. The number of carbonyl (C=O) groups is 2. The minimum atomic E-state index is -0.472. The number of hydrazine groups is 1. The standard InChI is InChI=1S/C24H20N8O2/c1-14-11-15(2)32-24(26-14)28-21(31-32)13-22(33)29-30-23(34)17-12-20(19-9-5-6-10-25-19)27-18-8-4-3-7-16(17)18/h3-12H,13H2,1-2H3,(H,29,33)(H,30,34). The molecule has 5 aromatic rings. The van der Waals surface area contributed by atoms with Gasteiger partial charge in [0.05, 0.1) is 28.9 Å². The van der Waals surface area contributed by atoms with E-state index in [0.717, 1.165) is 11.4 Å². The molecule has 34 heavy (non-hydrogen) atoms. The highest BCUT2D eigenvalue weighted by Gasteiger charge is 2.16. The Morgan fingerprint density at radius 1 is 0.912 bits per heavy atom. The normalized spacial score (nSPS) is 11.0. The van der Waals surface area contributed by atoms with E-state index in [1.54, 1.807) is 22.8 Å². The number of hydrogen-bond acceptors (Lipinski definition) is 7. The van der Waals surface area contributed by atoms with Gasteiger partial charge in [-0.15, -0.1) is 5.10 Å². The Kier molecular flexibility index (Phi) is 5.38. The van der Waals surface area contributed by atoms with Gasteiger partial charge in [0.1, 0.15) is 0 Å². The number of aryl methyl sites for hydroxylation is 2. The van der Waals surface area contributed by atoms with Crippen molar-refractivity contribution in [2.45, 2.75) is 20.3 Å². The molecule has 0 aliphatic carbocycles. The molecule has 0 radical (unpaired) electrons. The molecule has 0 spiro atoms. The van der Waals surface area contributed by atoms with Crippen molar-refractivity contribution in [2.75, 3.05) is 0 Å². The lowest BCUT2D eigenvalue weighted by molar-refractivity contribution is -0.121. The van der Waals surface area contributed by atoms with Crippen LogP contribution in [0.2, 0.25) is 0 Å². The van der Waals surface area contributed by atoms with Crippen LogP contribution in [0.1, 0.15) is 27.6 Å². The van der Waals surface area contributed by atoms with Gasteiger partial charge in [0.2, 0.25) is 5.91 Å². The smallest absolute Gasteiger partial charge is 0.270 e. The number of amides is 2. The zero-order valence-electron chi connectivity index (χ0n) is 18.5. The first-order valence-electron chi connectivity index (χ1n) is 10.6. The molecule has 5 rings (SSSR count). The highest BCUT2D eigenvalue weighted by Crippen LogP contribution is 2.23. The summed E-state index contributed by atoms with van der Waals surface area (Å²) >= 11 is 0. The molecular formula is C24H20N8O2. The third-order valence-corrected chi connectivity index (χ3v) is 5.18. The van der Waals surface area contributed by atoms with Crippen molar-refractivity contribution in [1.29, 1.82) is 0 Å². The van der Waals surface area contributed by atoms with Crippen molar-refractivity contribution in [3.05, 3.63) is 83.6 Å². The second-order valence-corrected chi connectivity index (χ2v) is 7.74. The Balaban J connectivity index is 1.35. The van der Waals surface area contributed by atoms with E-state index in [0.29, 0.717) is 39.5 Å². The first-order valence-corrected chi connectivity index (χ1v) is 10.6. The monoisotopic (exact) mass is 452 g/mol. The summed E-state index contributed by atoms with van der Waals surface area (Å²) in [5, 5.41) is 4.98. The van der Waals surface area contributed by atoms with Gasteiger partial charge < -0.3 is 0 Å². The van der Waals surface area contributed by atoms with E-state index in [2.05, 4.69) is 35.9 Å². The van der Waals surface area contributed by atoms with Crippen LogP contribution in [-0.2, 0) is 11.2 Å². The average Bonchev–Trinajstić information content (AvgIpc) is 3.25. The molecular weight excluding hydrogens is 432 g/mol. The van der Waals surface area contributed by atoms with Gasteiger partial charge in [-0.1, -0.05) is 24.3 Å². The Morgan fingerprint density at radius 3 is 2.56 bits per heavy atom. The zero-order valence-corrected chi connectivity index (χ0v) is 18.5. The zero-order chi connectivity index (χ0) is 23.7. The van der Waals surface area contributed by atoms with Crippen molar-refractivity contribution in [1.82, 2.24) is 40.4 Å². The molecule has 0 bridgehead atoms. The van der Waals surface area contributed by atoms with Gasteiger partial charge in [-0.05, 0) is 44.2 Å². The summed E-state index contributed by atoms with van der Waals surface area (Å²) in [5.41, 5.74) is 8.81. The largest absolute Gasteiger partial charge is 0.273 e. The van der Waals surface area contributed by atoms with E-state index in [9.17, 15) is 9.59 Å². The highest BCUT2D eigenvalue weighted by atomic mass is 16.2. The minimum Gasteiger partial charge on any atom is -0.273 e. The van der Waals surface area contributed by atoms with Crippen molar-refractivity contribution in [3.63, 3.8) is 0 Å². The molecule has 0 saturated carbocycles. The van der Waals surface area contributed by atoms with E-state index in [-0.39, 0.29) is 6.42 Å². The third kappa shape index (κ3) is 4.16. The maximum atomic E-state index is 13.0. The fraction of sp³-hybridized carbons (Fsp3) is 0.125. The number of aromatic nitrogens is 6. The lowest BCUT2D eigenvalue weighted by Gasteiger charge is -2.11. The van der Waals surface area contributed by atoms with Crippen LogP contribution in [0.4, 0.5) is 0 Å². The number of rotatable bonds is 4. The quantitative estimate of drug-likeness (QED) is 0.401. The number of carbonyl (C=O) groups excluding carboxylic acids is 2. The predicted molar refractivity (Wildman–Crippen MR) is 125 cm³/mol. The van der Waals surface area contributed by atoms with Gasteiger partial charge in [0, 0.05) is 23.0 Å². The molecule has 0 aliphatic heterocycles. The molecule has 2 amide bonds. The lowest BCUT2D eigenvalue weighted by atomic mass is 10.1. The van der Waals surface area contributed by atoms with Crippen LogP contribution < -0.4 is 10.9 Å².